The number of hydrogen-bond acceptors (Lipinski definition) is 8. The molecule has 3 aromatic carbocycles. The third-order valence-electron chi connectivity index (χ3n) is 10.6. The van der Waals surface area contributed by atoms with Gasteiger partial charge in [0.05, 0.1) is 44.2 Å². The number of esters is 1. The van der Waals surface area contributed by atoms with Gasteiger partial charge in [-0.2, -0.15) is 0 Å². The van der Waals surface area contributed by atoms with Crippen molar-refractivity contribution in [2.75, 3.05) is 31.7 Å². The number of ether oxygens (including phenoxy) is 3. The maximum absolute atomic E-state index is 15.1. The van der Waals surface area contributed by atoms with Gasteiger partial charge in [-0.3, -0.25) is 19.2 Å². The highest BCUT2D eigenvalue weighted by molar-refractivity contribution is 9.09. The summed E-state index contributed by atoms with van der Waals surface area (Å²) in [6.07, 6.45) is 2.88. The number of methoxy groups -OCH3 is 1. The van der Waals surface area contributed by atoms with Crippen molar-refractivity contribution in [3.63, 3.8) is 0 Å². The van der Waals surface area contributed by atoms with Crippen LogP contribution in [0.4, 0.5) is 5.69 Å². The highest BCUT2D eigenvalue weighted by Gasteiger charge is 2.77. The van der Waals surface area contributed by atoms with Gasteiger partial charge in [-0.15, -0.1) is 13.2 Å². The van der Waals surface area contributed by atoms with Crippen LogP contribution in [0.25, 0.3) is 0 Å². The molecule has 0 aliphatic carbocycles. The van der Waals surface area contributed by atoms with Crippen LogP contribution in [0.5, 0.6) is 5.75 Å². The van der Waals surface area contributed by atoms with Crippen molar-refractivity contribution in [1.82, 2.24) is 10.2 Å². The molecule has 2 N–H and O–H groups in total. The van der Waals surface area contributed by atoms with E-state index in [1.165, 1.54) is 9.80 Å². The number of carbonyl (C=O) groups is 4. The molecule has 3 saturated heterocycles. The summed E-state index contributed by atoms with van der Waals surface area (Å²) in [5, 5.41) is 13.8. The Morgan fingerprint density at radius 3 is 2.37 bits per heavy atom. The summed E-state index contributed by atoms with van der Waals surface area (Å²) in [6.45, 7) is 7.27. The predicted molar refractivity (Wildman–Crippen MR) is 207 cm³/mol. The average molecular weight is 801 g/mol. The summed E-state index contributed by atoms with van der Waals surface area (Å²) < 4.78 is 18.3. The van der Waals surface area contributed by atoms with Gasteiger partial charge >= 0.3 is 5.97 Å². The molecular formula is C42H46BrN3O8. The minimum absolute atomic E-state index is 0.0146. The number of carbonyl (C=O) groups excluding carboxylic acids is 4. The summed E-state index contributed by atoms with van der Waals surface area (Å²) >= 11 is 3.74. The predicted octanol–water partition coefficient (Wildman–Crippen LogP) is 4.93. The van der Waals surface area contributed by atoms with Crippen molar-refractivity contribution < 1.29 is 38.5 Å². The van der Waals surface area contributed by atoms with Gasteiger partial charge in [0, 0.05) is 23.5 Å². The number of allylic oxidation sites excluding steroid dienone is 1. The summed E-state index contributed by atoms with van der Waals surface area (Å²) in [5.74, 6) is -3.34. The van der Waals surface area contributed by atoms with E-state index in [1.807, 2.05) is 48.5 Å². The van der Waals surface area contributed by atoms with E-state index in [1.54, 1.807) is 55.7 Å². The Balaban J connectivity index is 1.38. The number of hydrogen-bond donors (Lipinski definition) is 2. The fourth-order valence-electron chi connectivity index (χ4n) is 8.15. The van der Waals surface area contributed by atoms with E-state index in [0.29, 0.717) is 23.4 Å². The maximum atomic E-state index is 15.1. The summed E-state index contributed by atoms with van der Waals surface area (Å²) in [6, 6.07) is 23.5. The largest absolute Gasteiger partial charge is 0.497 e. The van der Waals surface area contributed by atoms with Crippen molar-refractivity contribution in [2.45, 2.75) is 60.4 Å². The molecule has 11 nitrogen and oxygen atoms in total. The van der Waals surface area contributed by atoms with Crippen LogP contribution in [-0.2, 0) is 35.1 Å². The lowest BCUT2D eigenvalue weighted by Gasteiger charge is -2.39. The molecule has 0 saturated carbocycles. The first kappa shape index (κ1) is 38.9. The monoisotopic (exact) mass is 799 g/mol. The van der Waals surface area contributed by atoms with Crippen LogP contribution in [0.1, 0.15) is 36.5 Å². The lowest BCUT2D eigenvalue weighted by molar-refractivity contribution is -0.160. The molecule has 1 unspecified atom stereocenters. The molecule has 0 aromatic heterocycles. The highest BCUT2D eigenvalue weighted by atomic mass is 79.9. The minimum atomic E-state index is -1.42. The van der Waals surface area contributed by atoms with Gasteiger partial charge < -0.3 is 34.4 Å². The van der Waals surface area contributed by atoms with E-state index in [0.717, 1.165) is 5.56 Å². The molecule has 3 amide bonds. The zero-order valence-electron chi connectivity index (χ0n) is 30.2. The Hall–Kier alpha value is -4.78. The second-order valence-corrected chi connectivity index (χ2v) is 15.0. The molecule has 3 heterocycles. The third-order valence-corrected chi connectivity index (χ3v) is 11.4. The van der Waals surface area contributed by atoms with E-state index in [4.69, 9.17) is 14.2 Å². The van der Waals surface area contributed by atoms with Gasteiger partial charge in [0.15, 0.2) is 0 Å². The number of aliphatic hydroxyl groups is 1. The molecule has 6 rings (SSSR count). The molecule has 8 atom stereocenters. The van der Waals surface area contributed by atoms with Crippen LogP contribution in [-0.4, -0.2) is 89.1 Å². The molecule has 3 fully saturated rings. The molecule has 54 heavy (non-hydrogen) atoms. The number of nitrogens with zero attached hydrogens (tertiary/aromatic N) is 2. The van der Waals surface area contributed by atoms with Crippen LogP contribution in [0.15, 0.2) is 110 Å². The fourth-order valence-corrected chi connectivity index (χ4v) is 9.09. The highest BCUT2D eigenvalue weighted by Crippen LogP contribution is 2.61. The zero-order valence-corrected chi connectivity index (χ0v) is 31.8. The summed E-state index contributed by atoms with van der Waals surface area (Å²) in [7, 11) is 1.55. The molecule has 12 heteroatoms. The first-order valence-electron chi connectivity index (χ1n) is 18.2. The first-order chi connectivity index (χ1) is 26.2. The first-order valence-corrected chi connectivity index (χ1v) is 19.1. The Bertz CT molecular complexity index is 1830. The van der Waals surface area contributed by atoms with Gasteiger partial charge in [-0.25, -0.2) is 0 Å². The lowest BCUT2D eigenvalue weighted by atomic mass is 9.70. The maximum Gasteiger partial charge on any atom is 0.313 e. The standard InChI is InChI=1S/C42H46BrN3O8/c1-4-6-17-34(48)44-25-33(28-15-11-8-12-16-28)53-41(51)35-36-39(49)46(30(26-47)23-27-13-9-7-10-14-27)38(42(36)24-32(43)37(35)54-42)40(50)45(22-5-2)29-18-20-31(52-3)21-19-29/h4-5,7-16,18-21,30,32-33,35-38,47H,1-2,6,17,22-26H2,3H3,(H,44,48)/t30-,32?,33+,35-,36+,37-,38-,42+/m1/s1. The summed E-state index contributed by atoms with van der Waals surface area (Å²) in [5.41, 5.74) is 0.660. The summed E-state index contributed by atoms with van der Waals surface area (Å²) in [4.78, 5) is 59.8. The van der Waals surface area contributed by atoms with Crippen molar-refractivity contribution in [3.05, 3.63) is 121 Å². The van der Waals surface area contributed by atoms with Crippen molar-refractivity contribution >= 4 is 45.3 Å². The number of anilines is 1. The number of nitrogens with one attached hydrogen (secondary N) is 1. The number of benzene rings is 3. The van der Waals surface area contributed by atoms with Crippen LogP contribution >= 0.6 is 15.9 Å². The smallest absolute Gasteiger partial charge is 0.313 e. The Labute approximate surface area is 324 Å². The number of likely N-dealkylation sites (tertiary alicyclic amines) is 1. The zero-order chi connectivity index (χ0) is 38.4. The molecule has 3 aromatic rings. The second-order valence-electron chi connectivity index (χ2n) is 13.8. The van der Waals surface area contributed by atoms with Gasteiger partial charge in [0.1, 0.15) is 23.5 Å². The molecule has 0 radical (unpaired) electrons. The molecule has 1 spiro atoms. The van der Waals surface area contributed by atoms with Crippen molar-refractivity contribution in [3.8, 4) is 5.75 Å². The van der Waals surface area contributed by atoms with Gasteiger partial charge in [-0.1, -0.05) is 88.7 Å². The molecular weight excluding hydrogens is 754 g/mol. The number of halogens is 1. The third kappa shape index (κ3) is 7.60. The molecule has 2 bridgehead atoms. The van der Waals surface area contributed by atoms with Crippen LogP contribution in [0.3, 0.4) is 0 Å². The van der Waals surface area contributed by atoms with Crippen LogP contribution in [0, 0.1) is 11.8 Å². The molecule has 3 aliphatic rings. The van der Waals surface area contributed by atoms with E-state index >= 15 is 9.59 Å². The Morgan fingerprint density at radius 1 is 1.06 bits per heavy atom. The van der Waals surface area contributed by atoms with E-state index in [-0.39, 0.29) is 38.3 Å². The van der Waals surface area contributed by atoms with E-state index in [2.05, 4.69) is 34.4 Å². The Kier molecular flexibility index (Phi) is 12.4. The molecule has 3 aliphatic heterocycles. The van der Waals surface area contributed by atoms with E-state index in [9.17, 15) is 14.7 Å². The van der Waals surface area contributed by atoms with Crippen molar-refractivity contribution in [1.29, 1.82) is 0 Å². The van der Waals surface area contributed by atoms with Gasteiger partial charge in [0.2, 0.25) is 11.8 Å². The number of alkyl halides is 1. The van der Waals surface area contributed by atoms with Crippen LogP contribution < -0.4 is 15.0 Å². The average Bonchev–Trinajstić information content (AvgIpc) is 3.80. The number of fused-ring (bicyclic) bond motifs is 1. The van der Waals surface area contributed by atoms with Crippen molar-refractivity contribution in [2.24, 2.45) is 11.8 Å². The fraction of sp³-hybridized carbons (Fsp3) is 0.381. The molecule has 284 valence electrons. The number of rotatable bonds is 17. The second kappa shape index (κ2) is 17.1. The number of aliphatic hydroxyl groups excluding tert-OH is 1. The van der Waals surface area contributed by atoms with E-state index < -0.39 is 70.9 Å². The normalized spacial score (nSPS) is 25.0. The quantitative estimate of drug-likeness (QED) is 0.112. The number of amides is 3. The lowest BCUT2D eigenvalue weighted by Crippen LogP contribution is -2.59. The minimum Gasteiger partial charge on any atom is -0.497 e. The Morgan fingerprint density at radius 2 is 1.74 bits per heavy atom. The van der Waals surface area contributed by atoms with Gasteiger partial charge in [0.25, 0.3) is 5.91 Å². The van der Waals surface area contributed by atoms with Crippen LogP contribution in [0.2, 0.25) is 0 Å². The van der Waals surface area contributed by atoms with Gasteiger partial charge in [-0.05, 0) is 54.7 Å². The topological polar surface area (TPSA) is 135 Å². The SMILES string of the molecule is C=CCCC(=O)NC[C@H](OC(=O)[C@H]1[C@@H]2O[C@@]3(CC2Br)[C@@H]1C(=O)N([C@@H](CO)Cc1ccccc1)[C@@H]3C(=O)N(CC=C)c1ccc(OC)cc1)c1ccccc1.